The summed E-state index contributed by atoms with van der Waals surface area (Å²) in [5, 5.41) is 12.8. The summed E-state index contributed by atoms with van der Waals surface area (Å²) in [5.41, 5.74) is 3.33. The smallest absolute Gasteiger partial charge is 0.224 e. The number of carbonyl (C=O) groups is 1. The molecule has 0 aliphatic rings. The molecule has 1 unspecified atom stereocenters. The molecule has 0 spiro atoms. The molecule has 22 heavy (non-hydrogen) atoms. The monoisotopic (exact) mass is 297 g/mol. The van der Waals surface area contributed by atoms with Crippen molar-refractivity contribution < 1.29 is 9.90 Å². The van der Waals surface area contributed by atoms with E-state index in [1.165, 1.54) is 5.56 Å². The van der Waals surface area contributed by atoms with Crippen LogP contribution in [0.4, 0.5) is 0 Å². The van der Waals surface area contributed by atoms with Gasteiger partial charge in [0, 0.05) is 13.0 Å². The number of nitrogens with one attached hydrogen (secondary N) is 1. The van der Waals surface area contributed by atoms with E-state index in [0.717, 1.165) is 17.5 Å². The number of benzene rings is 2. The highest BCUT2D eigenvalue weighted by atomic mass is 16.3. The molecule has 2 N–H and O–H groups in total. The van der Waals surface area contributed by atoms with Crippen LogP contribution in [0.1, 0.15) is 23.6 Å². The molecule has 2 rings (SSSR count). The standard InChI is InChI=1S/C19H23NO2/c1-2-15-8-10-17(11-9-15)13-19(22)20-14-18(21)12-16-6-4-3-5-7-16/h3-11,18,21H,2,12-14H2,1H3,(H,20,22). The Morgan fingerprint density at radius 2 is 1.64 bits per heavy atom. The van der Waals surface area contributed by atoms with Crippen molar-refractivity contribution in [2.75, 3.05) is 6.54 Å². The van der Waals surface area contributed by atoms with Gasteiger partial charge in [0.05, 0.1) is 12.5 Å². The van der Waals surface area contributed by atoms with E-state index in [9.17, 15) is 9.90 Å². The Kier molecular flexibility index (Phi) is 6.16. The number of amides is 1. The van der Waals surface area contributed by atoms with Gasteiger partial charge in [-0.05, 0) is 23.1 Å². The molecule has 3 heteroatoms. The molecule has 0 heterocycles. The van der Waals surface area contributed by atoms with Gasteiger partial charge in [-0.2, -0.15) is 0 Å². The summed E-state index contributed by atoms with van der Waals surface area (Å²) in [7, 11) is 0. The fourth-order valence-electron chi connectivity index (χ4n) is 2.33. The van der Waals surface area contributed by atoms with Crippen LogP contribution in [0.5, 0.6) is 0 Å². The first-order valence-corrected chi connectivity index (χ1v) is 7.74. The van der Waals surface area contributed by atoms with Gasteiger partial charge in [-0.15, -0.1) is 0 Å². The lowest BCUT2D eigenvalue weighted by atomic mass is 10.1. The zero-order valence-electron chi connectivity index (χ0n) is 13.0. The second-order valence-electron chi connectivity index (χ2n) is 5.49. The number of aliphatic hydroxyl groups excluding tert-OH is 1. The van der Waals surface area contributed by atoms with Gasteiger partial charge in [-0.1, -0.05) is 61.5 Å². The molecule has 0 saturated heterocycles. The van der Waals surface area contributed by atoms with E-state index >= 15 is 0 Å². The molecule has 2 aromatic carbocycles. The minimum Gasteiger partial charge on any atom is -0.391 e. The quantitative estimate of drug-likeness (QED) is 0.825. The normalized spacial score (nSPS) is 11.9. The first-order valence-electron chi connectivity index (χ1n) is 7.74. The zero-order valence-corrected chi connectivity index (χ0v) is 13.0. The predicted octanol–water partition coefficient (Wildman–Crippen LogP) is 2.51. The fourth-order valence-corrected chi connectivity index (χ4v) is 2.33. The minimum absolute atomic E-state index is 0.0589. The third-order valence-electron chi connectivity index (χ3n) is 3.64. The molecule has 0 aliphatic heterocycles. The fraction of sp³-hybridized carbons (Fsp3) is 0.316. The minimum atomic E-state index is -0.561. The van der Waals surface area contributed by atoms with Crippen LogP contribution in [0.15, 0.2) is 54.6 Å². The second kappa shape index (κ2) is 8.35. The van der Waals surface area contributed by atoms with E-state index in [0.29, 0.717) is 12.8 Å². The van der Waals surface area contributed by atoms with Crippen molar-refractivity contribution in [1.29, 1.82) is 0 Å². The van der Waals surface area contributed by atoms with Crippen molar-refractivity contribution in [3.63, 3.8) is 0 Å². The molecule has 3 nitrogen and oxygen atoms in total. The molecule has 0 saturated carbocycles. The highest BCUT2D eigenvalue weighted by Crippen LogP contribution is 2.06. The predicted molar refractivity (Wildman–Crippen MR) is 88.7 cm³/mol. The van der Waals surface area contributed by atoms with Crippen LogP contribution in [0.3, 0.4) is 0 Å². The van der Waals surface area contributed by atoms with Crippen molar-refractivity contribution >= 4 is 5.91 Å². The van der Waals surface area contributed by atoms with E-state index in [-0.39, 0.29) is 12.5 Å². The van der Waals surface area contributed by atoms with Crippen molar-refractivity contribution in [1.82, 2.24) is 5.32 Å². The van der Waals surface area contributed by atoms with Crippen LogP contribution >= 0.6 is 0 Å². The maximum Gasteiger partial charge on any atom is 0.224 e. The van der Waals surface area contributed by atoms with Gasteiger partial charge in [0.1, 0.15) is 0 Å². The van der Waals surface area contributed by atoms with Crippen LogP contribution < -0.4 is 5.32 Å². The van der Waals surface area contributed by atoms with Gasteiger partial charge in [0.25, 0.3) is 0 Å². The van der Waals surface area contributed by atoms with E-state index < -0.39 is 6.10 Å². The Labute approximate surface area is 132 Å². The van der Waals surface area contributed by atoms with Crippen LogP contribution in [0, 0.1) is 0 Å². The van der Waals surface area contributed by atoms with E-state index in [1.54, 1.807) is 0 Å². The molecule has 0 fully saturated rings. The average Bonchev–Trinajstić information content (AvgIpc) is 2.55. The lowest BCUT2D eigenvalue weighted by Crippen LogP contribution is -2.34. The molecule has 116 valence electrons. The third-order valence-corrected chi connectivity index (χ3v) is 3.64. The summed E-state index contributed by atoms with van der Waals surface area (Å²) >= 11 is 0. The summed E-state index contributed by atoms with van der Waals surface area (Å²) in [6, 6.07) is 17.8. The summed E-state index contributed by atoms with van der Waals surface area (Å²) in [6.07, 6.45) is 1.33. The zero-order chi connectivity index (χ0) is 15.8. The van der Waals surface area contributed by atoms with Gasteiger partial charge >= 0.3 is 0 Å². The molecule has 0 aromatic heterocycles. The summed E-state index contributed by atoms with van der Waals surface area (Å²) in [6.45, 7) is 2.39. The summed E-state index contributed by atoms with van der Waals surface area (Å²) < 4.78 is 0. The van der Waals surface area contributed by atoms with E-state index in [1.807, 2.05) is 54.6 Å². The molecule has 0 radical (unpaired) electrons. The van der Waals surface area contributed by atoms with Crippen LogP contribution in [-0.2, 0) is 24.1 Å². The Morgan fingerprint density at radius 3 is 2.27 bits per heavy atom. The number of aliphatic hydroxyl groups is 1. The number of hydrogen-bond acceptors (Lipinski definition) is 2. The SMILES string of the molecule is CCc1ccc(CC(=O)NCC(O)Cc2ccccc2)cc1. The highest BCUT2D eigenvalue weighted by Gasteiger charge is 2.08. The number of aryl methyl sites for hydroxylation is 1. The number of carbonyl (C=O) groups excluding carboxylic acids is 1. The summed E-state index contributed by atoms with van der Waals surface area (Å²) in [4.78, 5) is 11.9. The van der Waals surface area contributed by atoms with Gasteiger partial charge in [-0.3, -0.25) is 4.79 Å². The maximum absolute atomic E-state index is 11.9. The van der Waals surface area contributed by atoms with Crippen LogP contribution in [-0.4, -0.2) is 23.7 Å². The number of rotatable bonds is 7. The number of hydrogen-bond donors (Lipinski definition) is 2. The Balaban J connectivity index is 1.74. The van der Waals surface area contributed by atoms with Crippen molar-refractivity contribution in [3.8, 4) is 0 Å². The largest absolute Gasteiger partial charge is 0.391 e. The van der Waals surface area contributed by atoms with Gasteiger partial charge < -0.3 is 10.4 Å². The van der Waals surface area contributed by atoms with Gasteiger partial charge in [0.15, 0.2) is 0 Å². The van der Waals surface area contributed by atoms with Gasteiger partial charge in [-0.25, -0.2) is 0 Å². The molecule has 0 aliphatic carbocycles. The summed E-state index contributed by atoms with van der Waals surface area (Å²) in [5.74, 6) is -0.0589. The molecule has 0 bridgehead atoms. The van der Waals surface area contributed by atoms with Crippen molar-refractivity contribution in [2.24, 2.45) is 0 Å². The lowest BCUT2D eigenvalue weighted by Gasteiger charge is -2.12. The third kappa shape index (κ3) is 5.34. The second-order valence-corrected chi connectivity index (χ2v) is 5.49. The molecular formula is C19H23NO2. The average molecular weight is 297 g/mol. The Bertz CT molecular complexity index is 578. The Morgan fingerprint density at radius 1 is 1.00 bits per heavy atom. The lowest BCUT2D eigenvalue weighted by molar-refractivity contribution is -0.120. The van der Waals surface area contributed by atoms with Crippen molar-refractivity contribution in [2.45, 2.75) is 32.3 Å². The first-order chi connectivity index (χ1) is 10.7. The van der Waals surface area contributed by atoms with E-state index in [4.69, 9.17) is 0 Å². The molecule has 1 atom stereocenters. The molecule has 1 amide bonds. The van der Waals surface area contributed by atoms with Crippen LogP contribution in [0.25, 0.3) is 0 Å². The maximum atomic E-state index is 11.9. The molecular weight excluding hydrogens is 274 g/mol. The molecule has 2 aromatic rings. The van der Waals surface area contributed by atoms with Gasteiger partial charge in [0.2, 0.25) is 5.91 Å². The highest BCUT2D eigenvalue weighted by molar-refractivity contribution is 5.78. The first kappa shape index (κ1) is 16.2. The Hall–Kier alpha value is -2.13. The van der Waals surface area contributed by atoms with Crippen molar-refractivity contribution in [3.05, 3.63) is 71.3 Å². The van der Waals surface area contributed by atoms with E-state index in [2.05, 4.69) is 12.2 Å². The van der Waals surface area contributed by atoms with Crippen LogP contribution in [0.2, 0.25) is 0 Å². The topological polar surface area (TPSA) is 49.3 Å².